The van der Waals surface area contributed by atoms with Crippen molar-refractivity contribution in [2.75, 3.05) is 11.9 Å². The van der Waals surface area contributed by atoms with Gasteiger partial charge in [0.1, 0.15) is 0 Å². The Kier molecular flexibility index (Phi) is 5.00. The Hall–Kier alpha value is -1.70. The fourth-order valence-corrected chi connectivity index (χ4v) is 2.93. The summed E-state index contributed by atoms with van der Waals surface area (Å²) in [5.74, 6) is -0.416. The zero-order valence-corrected chi connectivity index (χ0v) is 12.6. The first-order valence-corrected chi connectivity index (χ1v) is 7.66. The van der Waals surface area contributed by atoms with Gasteiger partial charge in [-0.1, -0.05) is 19.4 Å². The van der Waals surface area contributed by atoms with Crippen LogP contribution in [0.15, 0.2) is 24.3 Å². The van der Waals surface area contributed by atoms with Gasteiger partial charge in [0.25, 0.3) is 11.1 Å². The number of hydrogen-bond acceptors (Lipinski definition) is 4. The molecule has 1 N–H and O–H groups in total. The lowest BCUT2D eigenvalue weighted by molar-refractivity contribution is -0.137. The van der Waals surface area contributed by atoms with Crippen LogP contribution in [0.5, 0.6) is 0 Å². The molecular weight excluding hydrogens is 317 g/mol. The van der Waals surface area contributed by atoms with Crippen LogP contribution in [0.1, 0.15) is 25.3 Å². The molecule has 1 atom stereocenters. The van der Waals surface area contributed by atoms with Crippen molar-refractivity contribution in [3.63, 3.8) is 0 Å². The number of unbranched alkanes of at least 4 members (excludes halogenated alkanes) is 1. The van der Waals surface area contributed by atoms with Gasteiger partial charge < -0.3 is 5.32 Å². The minimum atomic E-state index is -4.45. The average Bonchev–Trinajstić information content (AvgIpc) is 2.71. The molecule has 1 saturated heterocycles. The minimum Gasteiger partial charge on any atom is -0.365 e. The lowest BCUT2D eigenvalue weighted by Crippen LogP contribution is -2.35. The number of rotatable bonds is 5. The van der Waals surface area contributed by atoms with Crippen LogP contribution < -0.4 is 5.32 Å². The molecule has 1 fully saturated rings. The van der Waals surface area contributed by atoms with Gasteiger partial charge in [-0.25, -0.2) is 0 Å². The number of anilines is 1. The van der Waals surface area contributed by atoms with Gasteiger partial charge in [0, 0.05) is 12.2 Å². The number of alkyl halides is 3. The van der Waals surface area contributed by atoms with Crippen molar-refractivity contribution in [1.82, 2.24) is 4.90 Å². The fraction of sp³-hybridized carbons (Fsp3) is 0.429. The van der Waals surface area contributed by atoms with E-state index in [-0.39, 0.29) is 10.9 Å². The number of hydrogen-bond donors (Lipinski definition) is 1. The zero-order chi connectivity index (χ0) is 16.3. The normalized spacial score (nSPS) is 18.9. The topological polar surface area (TPSA) is 49.4 Å². The summed E-state index contributed by atoms with van der Waals surface area (Å²) in [5.41, 5.74) is -0.645. The second-order valence-electron chi connectivity index (χ2n) is 4.83. The molecule has 2 amide bonds. The number of halogens is 3. The standard InChI is InChI=1S/C14H15F3N2O2S/c1-2-3-7-19-12(20)11(22-13(19)21)18-10-6-4-5-9(8-10)14(15,16)17/h4-6,8,11,18H,2-3,7H2,1H3/t11-/m1/s1. The summed E-state index contributed by atoms with van der Waals surface area (Å²) in [6.07, 6.45) is -2.91. The summed E-state index contributed by atoms with van der Waals surface area (Å²) >= 11 is 0.785. The maximum Gasteiger partial charge on any atom is 0.416 e. The van der Waals surface area contributed by atoms with E-state index in [1.165, 1.54) is 12.1 Å². The molecule has 0 radical (unpaired) electrons. The molecule has 22 heavy (non-hydrogen) atoms. The van der Waals surface area contributed by atoms with E-state index in [1.54, 1.807) is 0 Å². The maximum absolute atomic E-state index is 12.7. The van der Waals surface area contributed by atoms with Crippen molar-refractivity contribution in [3.8, 4) is 0 Å². The van der Waals surface area contributed by atoms with E-state index in [9.17, 15) is 22.8 Å². The first kappa shape index (κ1) is 16.7. The highest BCUT2D eigenvalue weighted by Gasteiger charge is 2.39. The molecule has 4 nitrogen and oxygen atoms in total. The predicted molar refractivity (Wildman–Crippen MR) is 78.5 cm³/mol. The van der Waals surface area contributed by atoms with Crippen molar-refractivity contribution >= 4 is 28.6 Å². The van der Waals surface area contributed by atoms with Crippen LogP contribution in [0.25, 0.3) is 0 Å². The lowest BCUT2D eigenvalue weighted by atomic mass is 10.2. The van der Waals surface area contributed by atoms with Crippen LogP contribution >= 0.6 is 11.8 Å². The van der Waals surface area contributed by atoms with Crippen LogP contribution in [-0.2, 0) is 11.0 Å². The molecule has 0 bridgehead atoms. The van der Waals surface area contributed by atoms with Crippen LogP contribution in [0.3, 0.4) is 0 Å². The first-order chi connectivity index (χ1) is 10.3. The number of carbonyl (C=O) groups excluding carboxylic acids is 2. The largest absolute Gasteiger partial charge is 0.416 e. The van der Waals surface area contributed by atoms with Gasteiger partial charge in [0.15, 0.2) is 5.37 Å². The molecule has 1 heterocycles. The number of nitrogens with one attached hydrogen (secondary N) is 1. The van der Waals surface area contributed by atoms with Gasteiger partial charge in [0.05, 0.1) is 5.56 Å². The van der Waals surface area contributed by atoms with E-state index < -0.39 is 23.0 Å². The molecule has 0 unspecified atom stereocenters. The molecule has 8 heteroatoms. The lowest BCUT2D eigenvalue weighted by Gasteiger charge is -2.15. The summed E-state index contributed by atoms with van der Waals surface area (Å²) < 4.78 is 38.0. The van der Waals surface area contributed by atoms with E-state index >= 15 is 0 Å². The van der Waals surface area contributed by atoms with E-state index in [0.29, 0.717) is 13.0 Å². The van der Waals surface area contributed by atoms with Crippen molar-refractivity contribution < 1.29 is 22.8 Å². The molecule has 1 aromatic rings. The van der Waals surface area contributed by atoms with Crippen molar-refractivity contribution in [3.05, 3.63) is 29.8 Å². The highest BCUT2D eigenvalue weighted by atomic mass is 32.2. The van der Waals surface area contributed by atoms with E-state index in [4.69, 9.17) is 0 Å². The Labute approximate surface area is 130 Å². The average molecular weight is 332 g/mol. The number of benzene rings is 1. The number of imide groups is 1. The van der Waals surface area contributed by atoms with Gasteiger partial charge in [-0.3, -0.25) is 14.5 Å². The highest BCUT2D eigenvalue weighted by molar-refractivity contribution is 8.15. The van der Waals surface area contributed by atoms with Crippen molar-refractivity contribution in [2.45, 2.75) is 31.3 Å². The summed E-state index contributed by atoms with van der Waals surface area (Å²) in [6, 6.07) is 4.56. The summed E-state index contributed by atoms with van der Waals surface area (Å²) in [6.45, 7) is 2.28. The number of thioether (sulfide) groups is 1. The number of carbonyl (C=O) groups is 2. The van der Waals surface area contributed by atoms with Gasteiger partial charge in [-0.15, -0.1) is 0 Å². The SMILES string of the molecule is CCCCN1C(=O)S[C@@H](Nc2cccc(C(F)(F)F)c2)C1=O. The Morgan fingerprint density at radius 1 is 1.32 bits per heavy atom. The van der Waals surface area contributed by atoms with Crippen LogP contribution in [0.4, 0.5) is 23.7 Å². The molecule has 2 rings (SSSR count). The first-order valence-electron chi connectivity index (χ1n) is 6.78. The third kappa shape index (κ3) is 3.73. The third-order valence-corrected chi connectivity index (χ3v) is 4.13. The number of amides is 2. The van der Waals surface area contributed by atoms with E-state index in [1.807, 2.05) is 6.92 Å². The monoisotopic (exact) mass is 332 g/mol. The van der Waals surface area contributed by atoms with E-state index in [2.05, 4.69) is 5.32 Å². The highest BCUT2D eigenvalue weighted by Crippen LogP contribution is 2.33. The molecule has 0 aliphatic carbocycles. The van der Waals surface area contributed by atoms with Crippen molar-refractivity contribution in [2.24, 2.45) is 0 Å². The molecule has 0 saturated carbocycles. The Bertz CT molecular complexity index is 577. The van der Waals surface area contributed by atoms with Crippen LogP contribution in [0.2, 0.25) is 0 Å². The quantitative estimate of drug-likeness (QED) is 0.887. The molecule has 0 aromatic heterocycles. The smallest absolute Gasteiger partial charge is 0.365 e. The van der Waals surface area contributed by atoms with Gasteiger partial charge in [0.2, 0.25) is 0 Å². The molecular formula is C14H15F3N2O2S. The molecule has 120 valence electrons. The zero-order valence-electron chi connectivity index (χ0n) is 11.8. The van der Waals surface area contributed by atoms with Gasteiger partial charge >= 0.3 is 6.18 Å². The minimum absolute atomic E-state index is 0.158. The molecule has 1 aliphatic heterocycles. The summed E-state index contributed by atoms with van der Waals surface area (Å²) in [5, 5.41) is 1.44. The molecule has 1 aromatic carbocycles. The summed E-state index contributed by atoms with van der Waals surface area (Å²) in [7, 11) is 0. The Morgan fingerprint density at radius 2 is 2.05 bits per heavy atom. The van der Waals surface area contributed by atoms with Gasteiger partial charge in [-0.2, -0.15) is 13.2 Å². The predicted octanol–water partition coefficient (Wildman–Crippen LogP) is 3.94. The fourth-order valence-electron chi connectivity index (χ4n) is 1.99. The van der Waals surface area contributed by atoms with Crippen LogP contribution in [0, 0.1) is 0 Å². The second kappa shape index (κ2) is 6.60. The Morgan fingerprint density at radius 3 is 2.68 bits per heavy atom. The maximum atomic E-state index is 12.7. The van der Waals surface area contributed by atoms with Crippen molar-refractivity contribution in [1.29, 1.82) is 0 Å². The van der Waals surface area contributed by atoms with E-state index in [0.717, 1.165) is 35.2 Å². The van der Waals surface area contributed by atoms with Gasteiger partial charge in [-0.05, 0) is 36.4 Å². The Balaban J connectivity index is 2.08. The van der Waals surface area contributed by atoms with Crippen LogP contribution in [-0.4, -0.2) is 28.0 Å². The number of nitrogens with zero attached hydrogens (tertiary/aromatic N) is 1. The third-order valence-electron chi connectivity index (χ3n) is 3.15. The molecule has 0 spiro atoms. The summed E-state index contributed by atoms with van der Waals surface area (Å²) in [4.78, 5) is 25.0. The molecule has 1 aliphatic rings. The second-order valence-corrected chi connectivity index (χ2v) is 5.89.